The number of hydrogen-bond donors (Lipinski definition) is 2. The number of hydrogen-bond acceptors (Lipinski definition) is 4. The zero-order valence-corrected chi connectivity index (χ0v) is 17.3. The maximum atomic E-state index is 12.8. The van der Waals surface area contributed by atoms with Gasteiger partial charge < -0.3 is 15.4 Å². The summed E-state index contributed by atoms with van der Waals surface area (Å²) in [7, 11) is 0. The highest BCUT2D eigenvalue weighted by atomic mass is 19.2. The van der Waals surface area contributed by atoms with Crippen molar-refractivity contribution in [1.82, 2.24) is 15.6 Å². The van der Waals surface area contributed by atoms with Crippen molar-refractivity contribution >= 4 is 11.8 Å². The number of ether oxygens (including phenoxy) is 1. The van der Waals surface area contributed by atoms with Crippen molar-refractivity contribution in [2.45, 2.75) is 32.1 Å². The van der Waals surface area contributed by atoms with Crippen LogP contribution in [0.15, 0.2) is 67.3 Å². The number of allylic oxidation sites excluding steroid dienone is 4. The number of halogens is 2. The van der Waals surface area contributed by atoms with Crippen LogP contribution in [-0.4, -0.2) is 29.9 Å². The molecule has 2 rings (SSSR count). The van der Waals surface area contributed by atoms with E-state index in [1.165, 1.54) is 19.3 Å². The Morgan fingerprint density at radius 3 is 2.68 bits per heavy atom. The Kier molecular flexibility index (Phi) is 9.61. The Hall–Kier alpha value is -3.29. The van der Waals surface area contributed by atoms with E-state index in [0.717, 1.165) is 36.3 Å². The summed E-state index contributed by atoms with van der Waals surface area (Å²) < 4.78 is 30.1. The zero-order valence-electron chi connectivity index (χ0n) is 17.3. The van der Waals surface area contributed by atoms with Gasteiger partial charge in [-0.3, -0.25) is 14.6 Å². The third-order valence-electron chi connectivity index (χ3n) is 4.52. The first-order valence-electron chi connectivity index (χ1n) is 10.0. The van der Waals surface area contributed by atoms with Gasteiger partial charge in [-0.15, -0.1) is 0 Å². The summed E-state index contributed by atoms with van der Waals surface area (Å²) in [6.07, 6.45) is 9.84. The van der Waals surface area contributed by atoms with Gasteiger partial charge in [-0.1, -0.05) is 32.1 Å². The van der Waals surface area contributed by atoms with Crippen molar-refractivity contribution in [3.8, 4) is 0 Å². The van der Waals surface area contributed by atoms with E-state index in [1.807, 2.05) is 6.07 Å². The van der Waals surface area contributed by atoms with Gasteiger partial charge in [0.2, 0.25) is 0 Å². The molecule has 1 aliphatic rings. The molecular weight excluding hydrogens is 404 g/mol. The lowest BCUT2D eigenvalue weighted by Crippen LogP contribution is -2.30. The first kappa shape index (κ1) is 24.0. The smallest absolute Gasteiger partial charge is 0.269 e. The molecule has 1 aromatic rings. The van der Waals surface area contributed by atoms with E-state index in [0.29, 0.717) is 17.8 Å². The summed E-state index contributed by atoms with van der Waals surface area (Å²) in [5, 5.41) is 5.25. The van der Waals surface area contributed by atoms with Crippen LogP contribution in [0.3, 0.4) is 0 Å². The van der Waals surface area contributed by atoms with Crippen LogP contribution in [0.5, 0.6) is 0 Å². The van der Waals surface area contributed by atoms with Gasteiger partial charge in [0.05, 0.1) is 6.26 Å². The van der Waals surface area contributed by atoms with Gasteiger partial charge in [0, 0.05) is 24.9 Å². The Morgan fingerprint density at radius 1 is 1.26 bits per heavy atom. The normalized spacial score (nSPS) is 13.7. The molecule has 0 aromatic carbocycles. The summed E-state index contributed by atoms with van der Waals surface area (Å²) >= 11 is 0. The van der Waals surface area contributed by atoms with Crippen molar-refractivity contribution < 1.29 is 23.1 Å². The average molecular weight is 431 g/mol. The molecule has 1 aromatic heterocycles. The largest absolute Gasteiger partial charge is 0.491 e. The predicted molar refractivity (Wildman–Crippen MR) is 114 cm³/mol. The molecule has 31 heavy (non-hydrogen) atoms. The zero-order chi connectivity index (χ0) is 22.6. The second-order valence-electron chi connectivity index (χ2n) is 7.25. The molecule has 2 amide bonds. The van der Waals surface area contributed by atoms with Crippen LogP contribution in [-0.2, 0) is 16.0 Å². The monoisotopic (exact) mass is 431 g/mol. The lowest BCUT2D eigenvalue weighted by atomic mass is 10.1. The minimum absolute atomic E-state index is 0.279. The van der Waals surface area contributed by atoms with Gasteiger partial charge in [-0.05, 0) is 42.5 Å². The third-order valence-corrected chi connectivity index (χ3v) is 4.52. The molecule has 6 nitrogen and oxygen atoms in total. The van der Waals surface area contributed by atoms with Crippen molar-refractivity contribution in [2.75, 3.05) is 13.2 Å². The van der Waals surface area contributed by atoms with E-state index >= 15 is 0 Å². The molecule has 1 aliphatic carbocycles. The fourth-order valence-corrected chi connectivity index (χ4v) is 2.59. The van der Waals surface area contributed by atoms with E-state index in [4.69, 9.17) is 4.74 Å². The molecule has 0 saturated heterocycles. The van der Waals surface area contributed by atoms with E-state index in [1.54, 1.807) is 12.3 Å². The Morgan fingerprint density at radius 2 is 2.03 bits per heavy atom. The van der Waals surface area contributed by atoms with Gasteiger partial charge in [0.15, 0.2) is 18.3 Å². The van der Waals surface area contributed by atoms with Gasteiger partial charge in [0.25, 0.3) is 11.8 Å². The first-order chi connectivity index (χ1) is 14.8. The maximum Gasteiger partial charge on any atom is 0.269 e. The topological polar surface area (TPSA) is 80.3 Å². The molecular formula is C23H27F2N3O3. The Balaban J connectivity index is 1.60. The van der Waals surface area contributed by atoms with Crippen LogP contribution in [0.25, 0.3) is 0 Å². The van der Waals surface area contributed by atoms with Crippen molar-refractivity contribution in [2.24, 2.45) is 5.92 Å². The third kappa shape index (κ3) is 9.84. The SMILES string of the molecule is C=C(CCNC(=O)c1ccc(CCC2CC2)cn1)NC(=O)CO/C=C/C=C(/F)C(=C)F. The fourth-order valence-electron chi connectivity index (χ4n) is 2.59. The van der Waals surface area contributed by atoms with Crippen LogP contribution >= 0.6 is 0 Å². The summed E-state index contributed by atoms with van der Waals surface area (Å²) in [5.74, 6) is -2.22. The number of rotatable bonds is 13. The molecule has 0 spiro atoms. The quantitative estimate of drug-likeness (QED) is 0.365. The van der Waals surface area contributed by atoms with Crippen LogP contribution < -0.4 is 10.6 Å². The number of pyridine rings is 1. The molecule has 0 atom stereocenters. The van der Waals surface area contributed by atoms with E-state index in [9.17, 15) is 18.4 Å². The van der Waals surface area contributed by atoms with E-state index < -0.39 is 17.6 Å². The molecule has 2 N–H and O–H groups in total. The number of aromatic nitrogens is 1. The van der Waals surface area contributed by atoms with Crippen molar-refractivity contribution in [3.63, 3.8) is 0 Å². The molecule has 0 aliphatic heterocycles. The molecule has 1 saturated carbocycles. The molecule has 0 unspecified atom stereocenters. The second kappa shape index (κ2) is 12.4. The average Bonchev–Trinajstić information content (AvgIpc) is 3.56. The first-order valence-corrected chi connectivity index (χ1v) is 10.0. The number of carbonyl (C=O) groups is 2. The van der Waals surface area contributed by atoms with E-state index in [-0.39, 0.29) is 19.1 Å². The molecule has 8 heteroatoms. The van der Waals surface area contributed by atoms with Gasteiger partial charge in [0.1, 0.15) is 5.69 Å². The molecule has 1 heterocycles. The summed E-state index contributed by atoms with van der Waals surface area (Å²) in [4.78, 5) is 28.1. The minimum atomic E-state index is -1.19. The van der Waals surface area contributed by atoms with Crippen LogP contribution in [0, 0.1) is 5.92 Å². The lowest BCUT2D eigenvalue weighted by molar-refractivity contribution is -0.123. The maximum absolute atomic E-state index is 12.8. The Bertz CT molecular complexity index is 859. The highest BCUT2D eigenvalue weighted by Gasteiger charge is 2.20. The number of aryl methyl sites for hydroxylation is 1. The fraction of sp³-hybridized carbons (Fsp3) is 0.348. The van der Waals surface area contributed by atoms with Crippen molar-refractivity contribution in [3.05, 3.63) is 78.5 Å². The molecule has 1 fully saturated rings. The second-order valence-corrected chi connectivity index (χ2v) is 7.25. The standard InChI is InChI=1S/C23H27F2N3O3/c1-16(28-22(29)15-31-13-3-4-20(25)17(2)24)11-12-26-23(30)21-10-9-19(14-27-21)8-7-18-5-6-18/h3-4,9-10,13-14,18H,1-2,5-8,11-12,15H2,(H,26,30)(H,28,29)/b13-3+,20-4+. The highest BCUT2D eigenvalue weighted by Crippen LogP contribution is 2.33. The predicted octanol–water partition coefficient (Wildman–Crippen LogP) is 4.04. The summed E-state index contributed by atoms with van der Waals surface area (Å²) in [6, 6.07) is 3.64. The number of amides is 2. The van der Waals surface area contributed by atoms with Crippen LogP contribution in [0.1, 0.15) is 41.7 Å². The number of nitrogens with zero attached hydrogens (tertiary/aromatic N) is 1. The Labute approximate surface area is 180 Å². The minimum Gasteiger partial charge on any atom is -0.491 e. The molecule has 0 bridgehead atoms. The summed E-state index contributed by atoms with van der Waals surface area (Å²) in [6.45, 7) is 6.47. The van der Waals surface area contributed by atoms with Gasteiger partial charge in [-0.25, -0.2) is 8.78 Å². The highest BCUT2D eigenvalue weighted by molar-refractivity contribution is 5.92. The molecule has 0 radical (unpaired) electrons. The number of carbonyl (C=O) groups excluding carboxylic acids is 2. The van der Waals surface area contributed by atoms with Crippen LogP contribution in [0.4, 0.5) is 8.78 Å². The van der Waals surface area contributed by atoms with E-state index in [2.05, 4.69) is 28.8 Å². The molecule has 166 valence electrons. The lowest BCUT2D eigenvalue weighted by Gasteiger charge is -2.09. The van der Waals surface area contributed by atoms with Gasteiger partial charge in [-0.2, -0.15) is 0 Å². The number of nitrogens with one attached hydrogen (secondary N) is 2. The summed E-state index contributed by atoms with van der Waals surface area (Å²) in [5.41, 5.74) is 1.87. The van der Waals surface area contributed by atoms with Crippen molar-refractivity contribution in [1.29, 1.82) is 0 Å². The van der Waals surface area contributed by atoms with Crippen LogP contribution in [0.2, 0.25) is 0 Å². The van der Waals surface area contributed by atoms with Gasteiger partial charge >= 0.3 is 0 Å².